The fraction of sp³-hybridized carbons (Fsp3) is 0.355. The van der Waals surface area contributed by atoms with Gasteiger partial charge in [-0.05, 0) is 86.6 Å². The number of benzene rings is 2. The third-order valence-corrected chi connectivity index (χ3v) is 8.69. The maximum absolute atomic E-state index is 13.8. The number of hydrogen-bond donors (Lipinski definition) is 1. The van der Waals surface area contributed by atoms with Crippen molar-refractivity contribution in [1.82, 2.24) is 9.13 Å². The molecule has 2 heterocycles. The first-order chi connectivity index (χ1) is 20.3. The van der Waals surface area contributed by atoms with E-state index in [0.717, 1.165) is 41.7 Å². The number of aromatic nitrogens is 2. The van der Waals surface area contributed by atoms with Gasteiger partial charge in [0.2, 0.25) is 5.91 Å². The molecule has 1 amide bonds. The molecular formula is C31H33N3O7S. The number of ether oxygens (including phenoxy) is 3. The normalized spacial score (nSPS) is 12.5. The topological polar surface area (TPSA) is 118 Å². The van der Waals surface area contributed by atoms with E-state index in [9.17, 15) is 19.2 Å². The molecule has 0 aliphatic heterocycles. The number of methoxy groups -OCH3 is 2. The second-order valence-corrected chi connectivity index (χ2v) is 11.1. The summed E-state index contributed by atoms with van der Waals surface area (Å²) >= 11 is 1.43. The summed E-state index contributed by atoms with van der Waals surface area (Å²) in [5, 5.41) is 3.33. The fourth-order valence-electron chi connectivity index (χ4n) is 5.28. The number of anilines is 1. The Bertz CT molecular complexity index is 1750. The van der Waals surface area contributed by atoms with Crippen molar-refractivity contribution < 1.29 is 23.8 Å². The van der Waals surface area contributed by atoms with Gasteiger partial charge in [-0.25, -0.2) is 9.59 Å². The van der Waals surface area contributed by atoms with E-state index in [1.165, 1.54) is 20.5 Å². The second kappa shape index (κ2) is 12.6. The average molecular weight is 592 g/mol. The van der Waals surface area contributed by atoms with Crippen LogP contribution in [0.1, 0.15) is 46.1 Å². The third kappa shape index (κ3) is 5.82. The molecule has 1 aliphatic rings. The average Bonchev–Trinajstić information content (AvgIpc) is 3.39. The van der Waals surface area contributed by atoms with Crippen molar-refractivity contribution >= 4 is 39.1 Å². The molecule has 1 N–H and O–H groups in total. The van der Waals surface area contributed by atoms with Crippen LogP contribution in [-0.2, 0) is 41.9 Å². The number of aryl methyl sites for hydroxylation is 3. The molecule has 1 aliphatic carbocycles. The molecule has 4 aromatic rings. The van der Waals surface area contributed by atoms with Gasteiger partial charge in [-0.15, -0.1) is 11.3 Å². The predicted molar refractivity (Wildman–Crippen MR) is 161 cm³/mol. The highest BCUT2D eigenvalue weighted by Gasteiger charge is 2.24. The Morgan fingerprint density at radius 3 is 2.40 bits per heavy atom. The summed E-state index contributed by atoms with van der Waals surface area (Å²) in [5.74, 6) is 0.294. The summed E-state index contributed by atoms with van der Waals surface area (Å²) in [4.78, 5) is 54.3. The van der Waals surface area contributed by atoms with E-state index in [1.807, 2.05) is 12.1 Å². The highest BCUT2D eigenvalue weighted by Crippen LogP contribution is 2.34. The van der Waals surface area contributed by atoms with Gasteiger partial charge in [0.25, 0.3) is 5.56 Å². The van der Waals surface area contributed by atoms with E-state index >= 15 is 0 Å². The molecule has 5 rings (SSSR count). The zero-order valence-electron chi connectivity index (χ0n) is 23.9. The lowest BCUT2D eigenvalue weighted by atomic mass is 9.97. The summed E-state index contributed by atoms with van der Waals surface area (Å²) in [7, 11) is 3.11. The van der Waals surface area contributed by atoms with Crippen LogP contribution in [0.25, 0.3) is 10.2 Å². The van der Waals surface area contributed by atoms with Crippen molar-refractivity contribution in [3.63, 3.8) is 0 Å². The molecule has 2 aromatic carbocycles. The van der Waals surface area contributed by atoms with Gasteiger partial charge >= 0.3 is 11.7 Å². The zero-order chi connectivity index (χ0) is 29.8. The van der Waals surface area contributed by atoms with Crippen LogP contribution in [0.15, 0.2) is 52.1 Å². The summed E-state index contributed by atoms with van der Waals surface area (Å²) in [6.07, 6.45) is 4.04. The number of carbonyl (C=O) groups excluding carboxylic acids is 2. The minimum Gasteiger partial charge on any atom is -0.493 e. The van der Waals surface area contributed by atoms with Crippen LogP contribution in [-0.4, -0.2) is 41.8 Å². The quantitative estimate of drug-likeness (QED) is 0.275. The lowest BCUT2D eigenvalue weighted by molar-refractivity contribution is -0.116. The van der Waals surface area contributed by atoms with Crippen LogP contribution in [0.2, 0.25) is 0 Å². The summed E-state index contributed by atoms with van der Waals surface area (Å²) in [6, 6.07) is 11.8. The van der Waals surface area contributed by atoms with Crippen molar-refractivity contribution in [2.24, 2.45) is 0 Å². The number of rotatable bonds is 10. The monoisotopic (exact) mass is 591 g/mol. The number of carbonyl (C=O) groups is 2. The van der Waals surface area contributed by atoms with Crippen LogP contribution in [0.3, 0.4) is 0 Å². The number of nitrogens with one attached hydrogen (secondary N) is 1. The molecule has 42 heavy (non-hydrogen) atoms. The molecule has 0 atom stereocenters. The largest absolute Gasteiger partial charge is 0.493 e. The molecule has 0 fully saturated rings. The van der Waals surface area contributed by atoms with Gasteiger partial charge in [0.15, 0.2) is 11.5 Å². The van der Waals surface area contributed by atoms with E-state index in [-0.39, 0.29) is 25.3 Å². The number of amides is 1. The molecule has 0 saturated carbocycles. The molecular weight excluding hydrogens is 558 g/mol. The van der Waals surface area contributed by atoms with E-state index in [4.69, 9.17) is 14.2 Å². The number of thiophene rings is 1. The van der Waals surface area contributed by atoms with Gasteiger partial charge < -0.3 is 19.5 Å². The Balaban J connectivity index is 1.46. The van der Waals surface area contributed by atoms with Crippen molar-refractivity contribution in [2.75, 3.05) is 26.1 Å². The maximum Gasteiger partial charge on any atom is 0.338 e. The Morgan fingerprint density at radius 2 is 1.69 bits per heavy atom. The molecule has 11 heteroatoms. The predicted octanol–water partition coefficient (Wildman–Crippen LogP) is 4.18. The van der Waals surface area contributed by atoms with Gasteiger partial charge in [0.05, 0.1) is 31.8 Å². The summed E-state index contributed by atoms with van der Waals surface area (Å²) in [5.41, 5.74) is 1.88. The first-order valence-corrected chi connectivity index (χ1v) is 14.7. The highest BCUT2D eigenvalue weighted by molar-refractivity contribution is 7.18. The Morgan fingerprint density at radius 1 is 0.952 bits per heavy atom. The zero-order valence-corrected chi connectivity index (χ0v) is 24.7. The molecule has 10 nitrogen and oxygen atoms in total. The van der Waals surface area contributed by atoms with Crippen molar-refractivity contribution in [1.29, 1.82) is 0 Å². The SMILES string of the molecule is CCOC(=O)c1ccc(NC(=O)Cn2c(=O)n(CCc3ccc(OC)c(OC)c3)c(=O)c3c4c(sc32)CCCC4)cc1. The molecule has 2 aromatic heterocycles. The maximum atomic E-state index is 13.8. The minimum absolute atomic E-state index is 0.144. The van der Waals surface area contributed by atoms with E-state index in [1.54, 1.807) is 51.5 Å². The minimum atomic E-state index is -0.528. The van der Waals surface area contributed by atoms with Crippen LogP contribution < -0.4 is 26.0 Å². The van der Waals surface area contributed by atoms with Gasteiger partial charge in [-0.1, -0.05) is 6.07 Å². The molecule has 0 unspecified atom stereocenters. The first-order valence-electron chi connectivity index (χ1n) is 13.9. The summed E-state index contributed by atoms with van der Waals surface area (Å²) < 4.78 is 18.4. The van der Waals surface area contributed by atoms with Gasteiger partial charge in [0, 0.05) is 17.1 Å². The molecule has 0 saturated heterocycles. The van der Waals surface area contributed by atoms with Crippen LogP contribution in [0.4, 0.5) is 5.69 Å². The standard InChI is InChI=1S/C31H33N3O7S/c1-4-41-30(37)20-10-12-21(13-11-20)32-26(35)18-34-29-27(22-7-5-6-8-25(22)42-29)28(36)33(31(34)38)16-15-19-9-14-23(39-2)24(17-19)40-3/h9-14,17H,4-8,15-16,18H2,1-3H3,(H,32,35). The van der Waals surface area contributed by atoms with Gasteiger partial charge in [0.1, 0.15) is 11.4 Å². The Kier molecular flexibility index (Phi) is 8.77. The molecule has 0 bridgehead atoms. The van der Waals surface area contributed by atoms with Crippen LogP contribution >= 0.6 is 11.3 Å². The first kappa shape index (κ1) is 29.1. The van der Waals surface area contributed by atoms with E-state index < -0.39 is 17.6 Å². The number of nitrogens with zero attached hydrogens (tertiary/aromatic N) is 2. The number of esters is 1. The van der Waals surface area contributed by atoms with Gasteiger partial charge in [-0.3, -0.25) is 18.7 Å². The Hall–Kier alpha value is -4.38. The number of fused-ring (bicyclic) bond motifs is 3. The smallest absolute Gasteiger partial charge is 0.338 e. The second-order valence-electron chi connectivity index (χ2n) is 10.0. The lowest BCUT2D eigenvalue weighted by Gasteiger charge is -2.14. The van der Waals surface area contributed by atoms with E-state index in [0.29, 0.717) is 39.4 Å². The van der Waals surface area contributed by atoms with Crippen molar-refractivity contribution in [3.05, 3.63) is 84.9 Å². The molecule has 0 spiro atoms. The van der Waals surface area contributed by atoms with E-state index in [2.05, 4.69) is 5.32 Å². The molecule has 0 radical (unpaired) electrons. The third-order valence-electron chi connectivity index (χ3n) is 7.37. The molecule has 220 valence electrons. The van der Waals surface area contributed by atoms with Crippen LogP contribution in [0.5, 0.6) is 11.5 Å². The Labute approximate surface area is 246 Å². The highest BCUT2D eigenvalue weighted by atomic mass is 32.1. The van der Waals surface area contributed by atoms with Gasteiger partial charge in [-0.2, -0.15) is 0 Å². The summed E-state index contributed by atoms with van der Waals surface area (Å²) in [6.45, 7) is 1.88. The lowest BCUT2D eigenvalue weighted by Crippen LogP contribution is -2.42. The van der Waals surface area contributed by atoms with Crippen molar-refractivity contribution in [3.8, 4) is 11.5 Å². The fourth-order valence-corrected chi connectivity index (χ4v) is 6.65. The number of hydrogen-bond acceptors (Lipinski definition) is 8. The van der Waals surface area contributed by atoms with Crippen molar-refractivity contribution in [2.45, 2.75) is 52.1 Å². The van der Waals surface area contributed by atoms with Crippen LogP contribution in [0, 0.1) is 0 Å².